The van der Waals surface area contributed by atoms with Gasteiger partial charge in [0.1, 0.15) is 0 Å². The van der Waals surface area contributed by atoms with Crippen molar-refractivity contribution >= 4 is 0 Å². The highest BCUT2D eigenvalue weighted by molar-refractivity contribution is 5.77. The number of rotatable bonds is 0. The molecule has 0 N–H and O–H groups in total. The van der Waals surface area contributed by atoms with Crippen molar-refractivity contribution in [2.45, 2.75) is 0 Å². The molecule has 6 aliphatic rings. The van der Waals surface area contributed by atoms with Crippen LogP contribution in [0.4, 0.5) is 0 Å². The Bertz CT molecular complexity index is 1770. The predicted molar refractivity (Wildman–Crippen MR) is 198 cm³/mol. The molecule has 0 amide bonds. The van der Waals surface area contributed by atoms with E-state index >= 15 is 0 Å². The summed E-state index contributed by atoms with van der Waals surface area (Å²) in [6.45, 7) is 0. The van der Waals surface area contributed by atoms with Crippen LogP contribution in [-0.4, -0.2) is 0 Å². The maximum absolute atomic E-state index is 3.54. The predicted octanol–water partition coefficient (Wildman–Crippen LogP) is 8.25. The second-order valence-electron chi connectivity index (χ2n) is 11.6. The molecule has 48 heavy (non-hydrogen) atoms. The second-order valence-corrected chi connectivity index (χ2v) is 11.6. The summed E-state index contributed by atoms with van der Waals surface area (Å²) in [6.07, 6.45) is 49.4. The van der Waals surface area contributed by atoms with Crippen LogP contribution in [0.2, 0.25) is 0 Å². The minimum atomic E-state index is 0.0000184. The van der Waals surface area contributed by atoms with Gasteiger partial charge in [-0.25, -0.2) is 0 Å². The first-order chi connectivity index (χ1) is 23.8. The summed E-state index contributed by atoms with van der Waals surface area (Å²) in [5, 5.41) is 0. The molecule has 0 radical (unpaired) electrons. The van der Waals surface area contributed by atoms with E-state index in [1.165, 1.54) is 0 Å². The van der Waals surface area contributed by atoms with Gasteiger partial charge in [0.25, 0.3) is 0 Å². The lowest BCUT2D eigenvalue weighted by Crippen LogP contribution is -2.06. The van der Waals surface area contributed by atoms with Gasteiger partial charge in [-0.2, -0.15) is 0 Å². The number of hydrogen-bond donors (Lipinski definition) is 0. The second kappa shape index (κ2) is 14.7. The lowest BCUT2D eigenvalue weighted by molar-refractivity contribution is 1.14. The quantitative estimate of drug-likeness (QED) is 0.261. The van der Waals surface area contributed by atoms with Crippen LogP contribution < -0.4 is 0 Å². The van der Waals surface area contributed by atoms with E-state index in [9.17, 15) is 0 Å². The molecule has 6 aliphatic carbocycles. The molecule has 0 fully saturated rings. The Balaban J connectivity index is 1.56. The van der Waals surface area contributed by atoms with Gasteiger partial charge in [0.05, 0.1) is 68.9 Å². The third-order valence-electron chi connectivity index (χ3n) is 8.17. The average molecular weight is 607 g/mol. The van der Waals surface area contributed by atoms with Crippen LogP contribution in [0, 0.1) is 107 Å². The molecule has 1 aromatic carbocycles. The fourth-order valence-corrected chi connectivity index (χ4v) is 5.60. The molecular weight excluding hydrogens is 577 g/mol. The minimum absolute atomic E-state index is 0.0000184. The van der Waals surface area contributed by atoms with E-state index in [-0.39, 0.29) is 35.5 Å². The summed E-state index contributed by atoms with van der Waals surface area (Å²) < 4.78 is 0. The van der Waals surface area contributed by atoms with Gasteiger partial charge in [0, 0.05) is 0 Å². The molecular formula is C48H30. The molecule has 0 saturated carbocycles. The van der Waals surface area contributed by atoms with Crippen LogP contribution in [0.1, 0.15) is 33.4 Å². The molecule has 0 nitrogen and oxygen atoms in total. The first kappa shape index (κ1) is 30.1. The highest BCUT2D eigenvalue weighted by Crippen LogP contribution is 2.29. The van der Waals surface area contributed by atoms with Crippen molar-refractivity contribution in [2.24, 2.45) is 35.5 Å². The molecule has 222 valence electrons. The van der Waals surface area contributed by atoms with Crippen molar-refractivity contribution in [3.8, 4) is 71.0 Å². The molecule has 0 atom stereocenters. The zero-order chi connectivity index (χ0) is 32.4. The molecule has 0 heterocycles. The van der Waals surface area contributed by atoms with E-state index < -0.39 is 0 Å². The lowest BCUT2D eigenvalue weighted by Gasteiger charge is -2.13. The van der Waals surface area contributed by atoms with Crippen LogP contribution in [0.5, 0.6) is 0 Å². The highest BCUT2D eigenvalue weighted by atomic mass is 14.2. The van der Waals surface area contributed by atoms with E-state index in [0.29, 0.717) is 0 Å². The summed E-state index contributed by atoms with van der Waals surface area (Å²) in [5.41, 5.74) is 4.47. The molecule has 0 saturated heterocycles. The number of hydrogen-bond acceptors (Lipinski definition) is 0. The summed E-state index contributed by atoms with van der Waals surface area (Å²) in [7, 11) is 0. The minimum Gasteiger partial charge on any atom is -0.0860 e. The average Bonchev–Trinajstić information content (AvgIpc) is 3.96. The zero-order valence-corrected chi connectivity index (χ0v) is 26.3. The van der Waals surface area contributed by atoms with Crippen LogP contribution in [0.3, 0.4) is 0 Å². The number of benzene rings is 1. The van der Waals surface area contributed by atoms with E-state index in [1.54, 1.807) is 0 Å². The summed E-state index contributed by atoms with van der Waals surface area (Å²) >= 11 is 0. The smallest absolute Gasteiger partial charge is 0.0585 e. The van der Waals surface area contributed by atoms with Crippen LogP contribution in [-0.2, 0) is 0 Å². The molecule has 0 aliphatic heterocycles. The monoisotopic (exact) mass is 606 g/mol. The number of allylic oxidation sites excluding steroid dienone is 24. The van der Waals surface area contributed by atoms with Gasteiger partial charge in [-0.3, -0.25) is 0 Å². The standard InChI is InChI=1S/C48H30/c1-2-14-37(13-1)25-31-43-44(32-26-38-15-3-4-16-38)46(34-28-40-19-7-8-20-40)48(36-30-42-23-11-12-24-42)47(35-29-41-21-9-10-22-41)45(43)33-27-39-17-5-6-18-39/h1-24,37-42H. The molecule has 0 aromatic heterocycles. The van der Waals surface area contributed by atoms with Crippen LogP contribution >= 0.6 is 0 Å². The first-order valence-corrected chi connectivity index (χ1v) is 16.2. The fourth-order valence-electron chi connectivity index (χ4n) is 5.60. The van der Waals surface area contributed by atoms with E-state index in [4.69, 9.17) is 0 Å². The van der Waals surface area contributed by atoms with E-state index in [1.807, 2.05) is 72.9 Å². The molecule has 1 aromatic rings. The van der Waals surface area contributed by atoms with Gasteiger partial charge in [0.2, 0.25) is 0 Å². The maximum atomic E-state index is 3.54. The first-order valence-electron chi connectivity index (χ1n) is 16.2. The highest BCUT2D eigenvalue weighted by Gasteiger charge is 2.21. The van der Waals surface area contributed by atoms with Crippen molar-refractivity contribution in [3.63, 3.8) is 0 Å². The summed E-state index contributed by atoms with van der Waals surface area (Å²) in [5.74, 6) is 42.1. The molecule has 0 spiro atoms. The Kier molecular flexibility index (Phi) is 9.23. The van der Waals surface area contributed by atoms with Gasteiger partial charge >= 0.3 is 0 Å². The van der Waals surface area contributed by atoms with Crippen molar-refractivity contribution < 1.29 is 0 Å². The Morgan fingerprint density at radius 3 is 0.458 bits per heavy atom. The maximum Gasteiger partial charge on any atom is 0.0585 e. The van der Waals surface area contributed by atoms with Gasteiger partial charge in [-0.05, 0) is 0 Å². The summed E-state index contributed by atoms with van der Waals surface area (Å²) in [4.78, 5) is 0. The van der Waals surface area contributed by atoms with E-state index in [0.717, 1.165) is 33.4 Å². The third kappa shape index (κ3) is 7.29. The Morgan fingerprint density at radius 1 is 0.208 bits per heavy atom. The fraction of sp³-hybridized carbons (Fsp3) is 0.125. The molecule has 0 bridgehead atoms. The van der Waals surface area contributed by atoms with Crippen LogP contribution in [0.15, 0.2) is 146 Å². The van der Waals surface area contributed by atoms with Gasteiger partial charge in [0.15, 0.2) is 0 Å². The topological polar surface area (TPSA) is 0 Å². The normalized spacial score (nSPS) is 18.0. The van der Waals surface area contributed by atoms with Crippen molar-refractivity contribution in [1.82, 2.24) is 0 Å². The molecule has 7 rings (SSSR count). The molecule has 0 heteroatoms. The Labute approximate surface area is 284 Å². The van der Waals surface area contributed by atoms with Crippen LogP contribution in [0.25, 0.3) is 0 Å². The lowest BCUT2D eigenvalue weighted by atomic mass is 9.85. The molecule has 0 unspecified atom stereocenters. The van der Waals surface area contributed by atoms with Crippen molar-refractivity contribution in [2.75, 3.05) is 0 Å². The Hall–Kier alpha value is -6.54. The SMILES string of the molecule is C(#CC1C=CC=C1)c1c(C#CC2C=CC=C2)c(C#CC2C=CC=C2)c(C#CC2C=CC=C2)c(C#CC2C=CC=C2)c1C#CC1C=CC=C1. The van der Waals surface area contributed by atoms with Gasteiger partial charge in [-0.15, -0.1) is 0 Å². The van der Waals surface area contributed by atoms with Gasteiger partial charge < -0.3 is 0 Å². The van der Waals surface area contributed by atoms with Crippen molar-refractivity contribution in [1.29, 1.82) is 0 Å². The third-order valence-corrected chi connectivity index (χ3v) is 8.17. The van der Waals surface area contributed by atoms with E-state index in [2.05, 4.69) is 144 Å². The zero-order valence-electron chi connectivity index (χ0n) is 26.3. The van der Waals surface area contributed by atoms with Crippen molar-refractivity contribution in [3.05, 3.63) is 179 Å². The van der Waals surface area contributed by atoms with Gasteiger partial charge in [-0.1, -0.05) is 217 Å². The largest absolute Gasteiger partial charge is 0.0860 e. The Morgan fingerprint density at radius 2 is 0.333 bits per heavy atom. The summed E-state index contributed by atoms with van der Waals surface area (Å²) in [6, 6.07) is 0.